The highest BCUT2D eigenvalue weighted by Crippen LogP contribution is 2.34. The second-order valence-corrected chi connectivity index (χ2v) is 5.86. The van der Waals surface area contributed by atoms with Gasteiger partial charge in [0.25, 0.3) is 0 Å². The lowest BCUT2D eigenvalue weighted by molar-refractivity contribution is -0.125. The van der Waals surface area contributed by atoms with E-state index >= 15 is 0 Å². The molecule has 0 aromatic heterocycles. The molecule has 1 fully saturated rings. The highest BCUT2D eigenvalue weighted by molar-refractivity contribution is 9.10. The minimum absolute atomic E-state index is 0.0925. The molecule has 104 valence electrons. The molecule has 0 bridgehead atoms. The Labute approximate surface area is 121 Å². The molecule has 0 aliphatic carbocycles. The van der Waals surface area contributed by atoms with Gasteiger partial charge in [0.1, 0.15) is 5.82 Å². The molecule has 1 saturated heterocycles. The fraction of sp³-hybridized carbons (Fsp3) is 0.500. The molecule has 1 aromatic carbocycles. The van der Waals surface area contributed by atoms with E-state index in [1.54, 1.807) is 12.1 Å². The lowest BCUT2D eigenvalue weighted by Gasteiger charge is -2.26. The molecule has 1 aliphatic heterocycles. The first kappa shape index (κ1) is 14.5. The lowest BCUT2D eigenvalue weighted by Crippen LogP contribution is -2.38. The quantitative estimate of drug-likeness (QED) is 0.890. The SMILES string of the molecule is CCCC1(C(=O)Nc2c(F)cccc2Br)CCNC1. The average molecular weight is 329 g/mol. The first-order valence-corrected chi connectivity index (χ1v) is 7.34. The van der Waals surface area contributed by atoms with E-state index in [1.165, 1.54) is 6.07 Å². The number of anilines is 1. The first-order valence-electron chi connectivity index (χ1n) is 6.55. The van der Waals surface area contributed by atoms with E-state index in [0.717, 1.165) is 25.8 Å². The molecule has 2 rings (SSSR count). The second-order valence-electron chi connectivity index (χ2n) is 5.01. The van der Waals surface area contributed by atoms with Crippen molar-refractivity contribution in [3.05, 3.63) is 28.5 Å². The van der Waals surface area contributed by atoms with Crippen molar-refractivity contribution in [1.82, 2.24) is 5.32 Å². The predicted molar refractivity (Wildman–Crippen MR) is 77.6 cm³/mol. The summed E-state index contributed by atoms with van der Waals surface area (Å²) in [5, 5.41) is 5.97. The molecule has 2 N–H and O–H groups in total. The van der Waals surface area contributed by atoms with E-state index in [9.17, 15) is 9.18 Å². The van der Waals surface area contributed by atoms with E-state index in [1.807, 2.05) is 0 Å². The van der Waals surface area contributed by atoms with E-state index in [0.29, 0.717) is 11.0 Å². The number of benzene rings is 1. The van der Waals surface area contributed by atoms with Crippen LogP contribution in [0.25, 0.3) is 0 Å². The smallest absolute Gasteiger partial charge is 0.232 e. The van der Waals surface area contributed by atoms with Crippen molar-refractivity contribution in [1.29, 1.82) is 0 Å². The van der Waals surface area contributed by atoms with Crippen molar-refractivity contribution in [2.45, 2.75) is 26.2 Å². The number of halogens is 2. The molecule has 1 aliphatic rings. The molecule has 0 saturated carbocycles. The lowest BCUT2D eigenvalue weighted by atomic mass is 9.81. The number of hydrogen-bond donors (Lipinski definition) is 2. The van der Waals surface area contributed by atoms with E-state index < -0.39 is 11.2 Å². The Balaban J connectivity index is 2.20. The third-order valence-electron chi connectivity index (χ3n) is 3.66. The fourth-order valence-corrected chi connectivity index (χ4v) is 3.05. The summed E-state index contributed by atoms with van der Waals surface area (Å²) >= 11 is 3.27. The molecular weight excluding hydrogens is 311 g/mol. The van der Waals surface area contributed by atoms with Gasteiger partial charge in [-0.3, -0.25) is 4.79 Å². The molecule has 1 amide bonds. The van der Waals surface area contributed by atoms with Crippen LogP contribution in [0.1, 0.15) is 26.2 Å². The van der Waals surface area contributed by atoms with Crippen LogP contribution in [-0.2, 0) is 4.79 Å². The van der Waals surface area contributed by atoms with Crippen LogP contribution >= 0.6 is 15.9 Å². The third-order valence-corrected chi connectivity index (χ3v) is 4.32. The molecule has 1 unspecified atom stereocenters. The van der Waals surface area contributed by atoms with Crippen molar-refractivity contribution < 1.29 is 9.18 Å². The molecule has 1 heterocycles. The van der Waals surface area contributed by atoms with E-state index in [-0.39, 0.29) is 11.6 Å². The van der Waals surface area contributed by atoms with Gasteiger partial charge in [-0.05, 0) is 47.4 Å². The standard InChI is InChI=1S/C14H18BrFN2O/c1-2-6-14(7-8-17-9-14)13(19)18-12-10(15)4-3-5-11(12)16/h3-5,17H,2,6-9H2,1H3,(H,18,19). The maximum atomic E-state index is 13.7. The molecule has 5 heteroatoms. The van der Waals surface area contributed by atoms with Crippen LogP contribution in [-0.4, -0.2) is 19.0 Å². The first-order chi connectivity index (χ1) is 9.09. The Morgan fingerprint density at radius 2 is 2.37 bits per heavy atom. The van der Waals surface area contributed by atoms with Gasteiger partial charge in [0.2, 0.25) is 5.91 Å². The summed E-state index contributed by atoms with van der Waals surface area (Å²) < 4.78 is 14.3. The van der Waals surface area contributed by atoms with Crippen molar-refractivity contribution >= 4 is 27.5 Å². The maximum absolute atomic E-state index is 13.7. The monoisotopic (exact) mass is 328 g/mol. The number of rotatable bonds is 4. The fourth-order valence-electron chi connectivity index (χ4n) is 2.61. The Bertz CT molecular complexity index is 452. The van der Waals surface area contributed by atoms with Crippen LogP contribution in [0.2, 0.25) is 0 Å². The molecule has 0 spiro atoms. The summed E-state index contributed by atoms with van der Waals surface area (Å²) in [4.78, 5) is 12.5. The van der Waals surface area contributed by atoms with Crippen LogP contribution in [0.5, 0.6) is 0 Å². The van der Waals surface area contributed by atoms with Gasteiger partial charge in [-0.2, -0.15) is 0 Å². The van der Waals surface area contributed by atoms with E-state index in [4.69, 9.17) is 0 Å². The van der Waals surface area contributed by atoms with Gasteiger partial charge in [0.15, 0.2) is 0 Å². The van der Waals surface area contributed by atoms with Crippen molar-refractivity contribution in [2.75, 3.05) is 18.4 Å². The van der Waals surface area contributed by atoms with Crippen LogP contribution in [0.4, 0.5) is 10.1 Å². The van der Waals surface area contributed by atoms with Gasteiger partial charge in [-0.15, -0.1) is 0 Å². The Kier molecular flexibility index (Phi) is 4.58. The number of carbonyl (C=O) groups excluding carboxylic acids is 1. The van der Waals surface area contributed by atoms with E-state index in [2.05, 4.69) is 33.5 Å². The third kappa shape index (κ3) is 2.98. The zero-order chi connectivity index (χ0) is 13.9. The number of carbonyl (C=O) groups is 1. The van der Waals surface area contributed by atoms with Gasteiger partial charge in [-0.1, -0.05) is 19.4 Å². The minimum Gasteiger partial charge on any atom is -0.322 e. The van der Waals surface area contributed by atoms with Gasteiger partial charge < -0.3 is 10.6 Å². The van der Waals surface area contributed by atoms with Gasteiger partial charge >= 0.3 is 0 Å². The summed E-state index contributed by atoms with van der Waals surface area (Å²) in [5.74, 6) is -0.509. The summed E-state index contributed by atoms with van der Waals surface area (Å²) in [6.45, 7) is 3.57. The highest BCUT2D eigenvalue weighted by Gasteiger charge is 2.40. The predicted octanol–water partition coefficient (Wildman–Crippen LogP) is 3.31. The Hall–Kier alpha value is -0.940. The number of para-hydroxylation sites is 1. The molecule has 1 aromatic rings. The molecular formula is C14H18BrFN2O. The molecule has 3 nitrogen and oxygen atoms in total. The van der Waals surface area contributed by atoms with Crippen LogP contribution in [0, 0.1) is 11.2 Å². The van der Waals surface area contributed by atoms with Gasteiger partial charge in [0.05, 0.1) is 11.1 Å². The number of amides is 1. The molecule has 19 heavy (non-hydrogen) atoms. The Morgan fingerprint density at radius 3 is 2.95 bits per heavy atom. The average Bonchev–Trinajstić information content (AvgIpc) is 2.84. The van der Waals surface area contributed by atoms with Crippen molar-refractivity contribution in [3.8, 4) is 0 Å². The van der Waals surface area contributed by atoms with Crippen molar-refractivity contribution in [2.24, 2.45) is 5.41 Å². The zero-order valence-electron chi connectivity index (χ0n) is 10.9. The topological polar surface area (TPSA) is 41.1 Å². The summed E-state index contributed by atoms with van der Waals surface area (Å²) in [7, 11) is 0. The number of hydrogen-bond acceptors (Lipinski definition) is 2. The largest absolute Gasteiger partial charge is 0.322 e. The highest BCUT2D eigenvalue weighted by atomic mass is 79.9. The van der Waals surface area contributed by atoms with Gasteiger partial charge in [-0.25, -0.2) is 4.39 Å². The van der Waals surface area contributed by atoms with Crippen LogP contribution < -0.4 is 10.6 Å². The molecule has 0 radical (unpaired) electrons. The normalized spacial score (nSPS) is 22.5. The van der Waals surface area contributed by atoms with Crippen molar-refractivity contribution in [3.63, 3.8) is 0 Å². The Morgan fingerprint density at radius 1 is 1.58 bits per heavy atom. The zero-order valence-corrected chi connectivity index (χ0v) is 12.5. The minimum atomic E-state index is -0.416. The van der Waals surface area contributed by atoms with Crippen LogP contribution in [0.15, 0.2) is 22.7 Å². The summed E-state index contributed by atoms with van der Waals surface area (Å²) in [5.41, 5.74) is -0.175. The van der Waals surface area contributed by atoms with Crippen LogP contribution in [0.3, 0.4) is 0 Å². The summed E-state index contributed by atoms with van der Waals surface area (Å²) in [6.07, 6.45) is 2.56. The number of nitrogens with one attached hydrogen (secondary N) is 2. The van der Waals surface area contributed by atoms with Gasteiger partial charge in [0, 0.05) is 11.0 Å². The second kappa shape index (κ2) is 6.01. The maximum Gasteiger partial charge on any atom is 0.232 e. The molecule has 1 atom stereocenters. The summed E-state index contributed by atoms with van der Waals surface area (Å²) in [6, 6.07) is 4.67.